The van der Waals surface area contributed by atoms with E-state index in [9.17, 15) is 0 Å². The average Bonchev–Trinajstić information content (AvgIpc) is 2.93. The van der Waals surface area contributed by atoms with E-state index in [1.165, 1.54) is 0 Å². The van der Waals surface area contributed by atoms with Crippen molar-refractivity contribution in [3.05, 3.63) is 16.1 Å². The zero-order valence-electron chi connectivity index (χ0n) is 11.3. The van der Waals surface area contributed by atoms with Crippen LogP contribution in [0.25, 0.3) is 0 Å². The molecular weight excluding hydrogens is 264 g/mol. The molecule has 1 aromatic heterocycles. The van der Waals surface area contributed by atoms with Gasteiger partial charge in [0.1, 0.15) is 11.1 Å². The molecular formula is C12H20N4O2S. The van der Waals surface area contributed by atoms with Gasteiger partial charge in [-0.25, -0.2) is 9.98 Å². The molecule has 0 saturated carbocycles. The van der Waals surface area contributed by atoms with Gasteiger partial charge in [-0.2, -0.15) is 0 Å². The summed E-state index contributed by atoms with van der Waals surface area (Å²) < 4.78 is 10.5. The van der Waals surface area contributed by atoms with E-state index in [0.29, 0.717) is 25.7 Å². The zero-order valence-corrected chi connectivity index (χ0v) is 12.2. The highest BCUT2D eigenvalue weighted by molar-refractivity contribution is 7.09. The van der Waals surface area contributed by atoms with Crippen LogP contribution in [0.5, 0.6) is 0 Å². The van der Waals surface area contributed by atoms with Crippen molar-refractivity contribution in [1.29, 1.82) is 0 Å². The second-order valence-corrected chi connectivity index (χ2v) is 5.22. The largest absolute Gasteiger partial charge is 0.378 e. The maximum Gasteiger partial charge on any atom is 0.191 e. The summed E-state index contributed by atoms with van der Waals surface area (Å²) in [4.78, 5) is 10.9. The number of ether oxygens (including phenoxy) is 2. The molecule has 0 aromatic carbocycles. The molecule has 0 bridgehead atoms. The Balaban J connectivity index is 1.91. The summed E-state index contributed by atoms with van der Waals surface area (Å²) in [5, 5.41) is 2.97. The first-order chi connectivity index (χ1) is 9.20. The number of aromatic nitrogens is 1. The molecule has 0 aliphatic carbocycles. The summed E-state index contributed by atoms with van der Waals surface area (Å²) >= 11 is 1.59. The third-order valence-electron chi connectivity index (χ3n) is 3.01. The second-order valence-electron chi connectivity index (χ2n) is 4.33. The van der Waals surface area contributed by atoms with E-state index in [1.807, 2.05) is 17.2 Å². The lowest BCUT2D eigenvalue weighted by Gasteiger charge is -2.27. The van der Waals surface area contributed by atoms with E-state index in [2.05, 4.69) is 9.98 Å². The second kappa shape index (κ2) is 6.83. The Hall–Kier alpha value is -1.18. The molecule has 1 aliphatic rings. The lowest BCUT2D eigenvalue weighted by atomic mass is 10.4. The van der Waals surface area contributed by atoms with Gasteiger partial charge < -0.3 is 20.1 Å². The molecule has 0 amide bonds. The van der Waals surface area contributed by atoms with Crippen LogP contribution in [0.2, 0.25) is 0 Å². The molecule has 0 spiro atoms. The standard InChI is InChI=1S/C12H20N4O2S/c1-9(17-2)11-15-10(8-19-11)7-14-12(13)16-3-5-18-6-4-16/h8-9H,3-7H2,1-2H3,(H2,13,14). The van der Waals surface area contributed by atoms with Crippen LogP contribution in [0, 0.1) is 0 Å². The predicted octanol–water partition coefficient (Wildman–Crippen LogP) is 0.997. The molecule has 1 fully saturated rings. The van der Waals surface area contributed by atoms with Crippen LogP contribution in [-0.4, -0.2) is 49.3 Å². The number of hydrogen-bond donors (Lipinski definition) is 1. The lowest BCUT2D eigenvalue weighted by Crippen LogP contribution is -2.44. The van der Waals surface area contributed by atoms with E-state index in [-0.39, 0.29) is 6.10 Å². The summed E-state index contributed by atoms with van der Waals surface area (Å²) in [5.74, 6) is 0.567. The van der Waals surface area contributed by atoms with Gasteiger partial charge in [0.2, 0.25) is 0 Å². The Bertz CT molecular complexity index is 429. The van der Waals surface area contributed by atoms with Gasteiger partial charge in [-0.3, -0.25) is 0 Å². The first kappa shape index (κ1) is 14.2. The number of methoxy groups -OCH3 is 1. The van der Waals surface area contributed by atoms with E-state index >= 15 is 0 Å². The number of rotatable bonds is 4. The maximum absolute atomic E-state index is 5.96. The number of nitrogens with zero attached hydrogens (tertiary/aromatic N) is 3. The molecule has 1 unspecified atom stereocenters. The summed E-state index contributed by atoms with van der Waals surface area (Å²) in [7, 11) is 1.68. The van der Waals surface area contributed by atoms with Crippen molar-refractivity contribution in [2.45, 2.75) is 19.6 Å². The normalized spacial score (nSPS) is 18.6. The van der Waals surface area contributed by atoms with Gasteiger partial charge >= 0.3 is 0 Å². The Labute approximate surface area is 117 Å². The number of morpholine rings is 1. The number of aliphatic imine (C=N–C) groups is 1. The van der Waals surface area contributed by atoms with Crippen LogP contribution < -0.4 is 5.73 Å². The highest BCUT2D eigenvalue weighted by atomic mass is 32.1. The molecule has 0 radical (unpaired) electrons. The topological polar surface area (TPSA) is 73.0 Å². The Morgan fingerprint density at radius 3 is 3.05 bits per heavy atom. The van der Waals surface area contributed by atoms with Gasteiger partial charge in [0.05, 0.1) is 25.5 Å². The summed E-state index contributed by atoms with van der Waals surface area (Å²) in [6, 6.07) is 0. The van der Waals surface area contributed by atoms with Crippen LogP contribution in [0.3, 0.4) is 0 Å². The third kappa shape index (κ3) is 3.89. The van der Waals surface area contributed by atoms with Crippen molar-refractivity contribution < 1.29 is 9.47 Å². The van der Waals surface area contributed by atoms with Crippen LogP contribution in [-0.2, 0) is 16.0 Å². The van der Waals surface area contributed by atoms with Gasteiger partial charge in [0.25, 0.3) is 0 Å². The van der Waals surface area contributed by atoms with E-state index in [0.717, 1.165) is 23.8 Å². The average molecular weight is 284 g/mol. The van der Waals surface area contributed by atoms with Crippen molar-refractivity contribution in [2.24, 2.45) is 10.7 Å². The first-order valence-corrected chi connectivity index (χ1v) is 7.18. The smallest absolute Gasteiger partial charge is 0.191 e. The number of nitrogens with two attached hydrogens (primary N) is 1. The molecule has 106 valence electrons. The van der Waals surface area contributed by atoms with Crippen LogP contribution in [0.1, 0.15) is 23.7 Å². The SMILES string of the molecule is COC(C)c1nc(CN=C(N)N2CCOCC2)cs1. The Morgan fingerprint density at radius 2 is 2.37 bits per heavy atom. The van der Waals surface area contributed by atoms with Crippen LogP contribution in [0.15, 0.2) is 10.4 Å². The van der Waals surface area contributed by atoms with Gasteiger partial charge in [-0.15, -0.1) is 11.3 Å². The van der Waals surface area contributed by atoms with Crippen LogP contribution >= 0.6 is 11.3 Å². The van der Waals surface area contributed by atoms with Crippen molar-refractivity contribution in [3.8, 4) is 0 Å². The van der Waals surface area contributed by atoms with E-state index < -0.39 is 0 Å². The first-order valence-electron chi connectivity index (χ1n) is 6.30. The van der Waals surface area contributed by atoms with Gasteiger partial charge in [0, 0.05) is 25.6 Å². The van der Waals surface area contributed by atoms with Gasteiger partial charge in [-0.05, 0) is 6.92 Å². The van der Waals surface area contributed by atoms with Crippen LogP contribution in [0.4, 0.5) is 0 Å². The fourth-order valence-corrected chi connectivity index (χ4v) is 2.58. The number of guanidine groups is 1. The molecule has 2 rings (SSSR count). The molecule has 2 heterocycles. The Kier molecular flexibility index (Phi) is 5.12. The van der Waals surface area contributed by atoms with Crippen molar-refractivity contribution >= 4 is 17.3 Å². The minimum Gasteiger partial charge on any atom is -0.378 e. The van der Waals surface area contributed by atoms with Crippen molar-refractivity contribution in [3.63, 3.8) is 0 Å². The minimum absolute atomic E-state index is 0.0271. The van der Waals surface area contributed by atoms with Gasteiger partial charge in [-0.1, -0.05) is 0 Å². The summed E-state index contributed by atoms with van der Waals surface area (Å²) in [6.45, 7) is 5.52. The monoisotopic (exact) mass is 284 g/mol. The Morgan fingerprint density at radius 1 is 1.63 bits per heavy atom. The molecule has 1 saturated heterocycles. The summed E-state index contributed by atoms with van der Waals surface area (Å²) in [6.07, 6.45) is 0.0271. The zero-order chi connectivity index (χ0) is 13.7. The molecule has 7 heteroatoms. The highest BCUT2D eigenvalue weighted by Gasteiger charge is 2.13. The third-order valence-corrected chi connectivity index (χ3v) is 4.06. The predicted molar refractivity (Wildman–Crippen MR) is 75.3 cm³/mol. The number of thiazole rings is 1. The summed E-state index contributed by atoms with van der Waals surface area (Å²) in [5.41, 5.74) is 6.89. The highest BCUT2D eigenvalue weighted by Crippen LogP contribution is 2.20. The molecule has 6 nitrogen and oxygen atoms in total. The molecule has 1 aromatic rings. The molecule has 19 heavy (non-hydrogen) atoms. The molecule has 2 N–H and O–H groups in total. The van der Waals surface area contributed by atoms with Crippen molar-refractivity contribution in [2.75, 3.05) is 33.4 Å². The van der Waals surface area contributed by atoms with E-state index in [4.69, 9.17) is 15.2 Å². The fraction of sp³-hybridized carbons (Fsp3) is 0.667. The molecule has 1 aliphatic heterocycles. The van der Waals surface area contributed by atoms with Gasteiger partial charge in [0.15, 0.2) is 5.96 Å². The minimum atomic E-state index is 0.0271. The fourth-order valence-electron chi connectivity index (χ4n) is 1.74. The maximum atomic E-state index is 5.96. The molecule has 1 atom stereocenters. The lowest BCUT2D eigenvalue weighted by molar-refractivity contribution is 0.0674. The van der Waals surface area contributed by atoms with Crippen molar-refractivity contribution in [1.82, 2.24) is 9.88 Å². The number of hydrogen-bond acceptors (Lipinski definition) is 5. The van der Waals surface area contributed by atoms with E-state index in [1.54, 1.807) is 18.4 Å². The quantitative estimate of drug-likeness (QED) is 0.659.